The fourth-order valence-corrected chi connectivity index (χ4v) is 3.05. The van der Waals surface area contributed by atoms with Gasteiger partial charge in [-0.25, -0.2) is 0 Å². The minimum absolute atomic E-state index is 0.562. The predicted octanol–water partition coefficient (Wildman–Crippen LogP) is 2.77. The highest BCUT2D eigenvalue weighted by Crippen LogP contribution is 2.27. The lowest BCUT2D eigenvalue weighted by Gasteiger charge is -2.38. The second-order valence-corrected chi connectivity index (χ2v) is 5.60. The summed E-state index contributed by atoms with van der Waals surface area (Å²) in [6.45, 7) is 3.24. The topological polar surface area (TPSA) is 63.3 Å². The molecule has 1 saturated heterocycles. The molecule has 0 unspecified atom stereocenters. The van der Waals surface area contributed by atoms with Crippen molar-refractivity contribution >= 4 is 11.4 Å². The molecule has 24 heavy (non-hydrogen) atoms. The molecular weight excluding hydrogens is 300 g/mol. The Morgan fingerprint density at radius 3 is 1.88 bits per heavy atom. The molecule has 5 heteroatoms. The third-order valence-corrected chi connectivity index (χ3v) is 4.31. The van der Waals surface area contributed by atoms with E-state index in [2.05, 4.69) is 34.1 Å². The molecule has 1 heterocycles. The van der Waals surface area contributed by atoms with Crippen LogP contribution in [0.5, 0.6) is 5.75 Å². The summed E-state index contributed by atoms with van der Waals surface area (Å²) in [5, 5.41) is 18.7. The first kappa shape index (κ1) is 15.7. The van der Waals surface area contributed by atoms with Gasteiger partial charge in [-0.1, -0.05) is 6.07 Å². The van der Waals surface area contributed by atoms with Gasteiger partial charge in [0.2, 0.25) is 0 Å². The van der Waals surface area contributed by atoms with E-state index in [4.69, 9.17) is 4.74 Å². The second-order valence-electron chi connectivity index (χ2n) is 5.60. The third kappa shape index (κ3) is 2.98. The zero-order chi connectivity index (χ0) is 16.9. The van der Waals surface area contributed by atoms with Crippen LogP contribution < -0.4 is 14.5 Å². The van der Waals surface area contributed by atoms with E-state index in [1.807, 2.05) is 12.1 Å². The molecule has 0 amide bonds. The van der Waals surface area contributed by atoms with Crippen LogP contribution in [-0.4, -0.2) is 33.3 Å². The van der Waals surface area contributed by atoms with Gasteiger partial charge < -0.3 is 14.5 Å². The Labute approximate surface area is 141 Å². The summed E-state index contributed by atoms with van der Waals surface area (Å²) in [5.41, 5.74) is 3.04. The standard InChI is InChI=1S/C19H18N4O/c1-24-18-7-5-17(6-8-18)22-9-11-23(12-10-22)19-15(13-20)3-2-4-16(19)14-21/h2-8H,9-12H2,1H3. The molecule has 0 atom stereocenters. The van der Waals surface area contributed by atoms with Gasteiger partial charge in [0, 0.05) is 31.9 Å². The Bertz CT molecular complexity index is 761. The van der Waals surface area contributed by atoms with Crippen molar-refractivity contribution in [2.24, 2.45) is 0 Å². The molecule has 5 nitrogen and oxygen atoms in total. The van der Waals surface area contributed by atoms with Crippen molar-refractivity contribution in [1.29, 1.82) is 10.5 Å². The van der Waals surface area contributed by atoms with Gasteiger partial charge in [0.1, 0.15) is 17.9 Å². The number of para-hydroxylation sites is 1. The lowest BCUT2D eigenvalue weighted by molar-refractivity contribution is 0.415. The second kappa shape index (κ2) is 6.93. The lowest BCUT2D eigenvalue weighted by Crippen LogP contribution is -2.47. The van der Waals surface area contributed by atoms with Crippen LogP contribution in [0.4, 0.5) is 11.4 Å². The summed E-state index contributed by atoms with van der Waals surface area (Å²) >= 11 is 0. The molecule has 0 saturated carbocycles. The first-order valence-corrected chi connectivity index (χ1v) is 7.84. The number of ether oxygens (including phenoxy) is 1. The first-order chi connectivity index (χ1) is 11.8. The maximum Gasteiger partial charge on any atom is 0.119 e. The number of piperazine rings is 1. The van der Waals surface area contributed by atoms with Gasteiger partial charge in [-0.3, -0.25) is 0 Å². The Morgan fingerprint density at radius 1 is 0.833 bits per heavy atom. The third-order valence-electron chi connectivity index (χ3n) is 4.31. The minimum atomic E-state index is 0.562. The summed E-state index contributed by atoms with van der Waals surface area (Å²) < 4.78 is 5.19. The van der Waals surface area contributed by atoms with Crippen LogP contribution in [0.25, 0.3) is 0 Å². The van der Waals surface area contributed by atoms with E-state index in [-0.39, 0.29) is 0 Å². The molecule has 0 spiro atoms. The van der Waals surface area contributed by atoms with Crippen molar-refractivity contribution in [1.82, 2.24) is 0 Å². The average Bonchev–Trinajstić information content (AvgIpc) is 2.67. The number of anilines is 2. The molecule has 1 aliphatic heterocycles. The van der Waals surface area contributed by atoms with Crippen molar-refractivity contribution in [3.8, 4) is 17.9 Å². The SMILES string of the molecule is COc1ccc(N2CCN(c3c(C#N)cccc3C#N)CC2)cc1. The summed E-state index contributed by atoms with van der Waals surface area (Å²) in [7, 11) is 1.66. The van der Waals surface area contributed by atoms with Crippen LogP contribution in [0.15, 0.2) is 42.5 Å². The fraction of sp³-hybridized carbons (Fsp3) is 0.263. The van der Waals surface area contributed by atoms with Crippen molar-refractivity contribution in [3.63, 3.8) is 0 Å². The molecular formula is C19H18N4O. The number of nitriles is 2. The Morgan fingerprint density at radius 2 is 1.38 bits per heavy atom. The number of nitrogens with zero attached hydrogens (tertiary/aromatic N) is 4. The normalized spacial score (nSPS) is 14.0. The molecule has 2 aromatic carbocycles. The van der Waals surface area contributed by atoms with Gasteiger partial charge in [0.15, 0.2) is 0 Å². The maximum atomic E-state index is 9.34. The highest BCUT2D eigenvalue weighted by molar-refractivity contribution is 5.68. The van der Waals surface area contributed by atoms with E-state index in [0.717, 1.165) is 43.3 Å². The summed E-state index contributed by atoms with van der Waals surface area (Å²) in [6, 6.07) is 17.7. The highest BCUT2D eigenvalue weighted by Gasteiger charge is 2.22. The molecule has 120 valence electrons. The molecule has 2 aromatic rings. The fourth-order valence-electron chi connectivity index (χ4n) is 3.05. The van der Waals surface area contributed by atoms with Gasteiger partial charge in [-0.15, -0.1) is 0 Å². The summed E-state index contributed by atoms with van der Waals surface area (Å²) in [4.78, 5) is 4.44. The lowest BCUT2D eigenvalue weighted by atomic mass is 10.1. The molecule has 1 aliphatic rings. The highest BCUT2D eigenvalue weighted by atomic mass is 16.5. The Hall–Kier alpha value is -3.18. The number of methoxy groups -OCH3 is 1. The zero-order valence-corrected chi connectivity index (χ0v) is 13.6. The van der Waals surface area contributed by atoms with Crippen molar-refractivity contribution in [2.75, 3.05) is 43.1 Å². The van der Waals surface area contributed by atoms with Gasteiger partial charge in [-0.05, 0) is 36.4 Å². The number of hydrogen-bond donors (Lipinski definition) is 0. The van der Waals surface area contributed by atoms with Gasteiger partial charge in [-0.2, -0.15) is 10.5 Å². The van der Waals surface area contributed by atoms with E-state index in [0.29, 0.717) is 11.1 Å². The first-order valence-electron chi connectivity index (χ1n) is 7.84. The van der Waals surface area contributed by atoms with E-state index in [9.17, 15) is 10.5 Å². The predicted molar refractivity (Wildman–Crippen MR) is 93.3 cm³/mol. The molecule has 3 rings (SSSR count). The number of benzene rings is 2. The largest absolute Gasteiger partial charge is 0.497 e. The van der Waals surface area contributed by atoms with Crippen LogP contribution in [0.3, 0.4) is 0 Å². The van der Waals surface area contributed by atoms with Gasteiger partial charge in [0.25, 0.3) is 0 Å². The summed E-state index contributed by atoms with van der Waals surface area (Å²) in [6.07, 6.45) is 0. The smallest absolute Gasteiger partial charge is 0.119 e. The maximum absolute atomic E-state index is 9.34. The van der Waals surface area contributed by atoms with E-state index in [1.165, 1.54) is 0 Å². The molecule has 0 bridgehead atoms. The van der Waals surface area contributed by atoms with Gasteiger partial charge >= 0.3 is 0 Å². The minimum Gasteiger partial charge on any atom is -0.497 e. The number of hydrogen-bond acceptors (Lipinski definition) is 5. The quantitative estimate of drug-likeness (QED) is 0.871. The van der Waals surface area contributed by atoms with Gasteiger partial charge in [0.05, 0.1) is 23.9 Å². The molecule has 0 aromatic heterocycles. The molecule has 0 N–H and O–H groups in total. The molecule has 0 aliphatic carbocycles. The average molecular weight is 318 g/mol. The van der Waals surface area contributed by atoms with E-state index >= 15 is 0 Å². The van der Waals surface area contributed by atoms with Crippen LogP contribution >= 0.6 is 0 Å². The van der Waals surface area contributed by atoms with E-state index in [1.54, 1.807) is 25.3 Å². The van der Waals surface area contributed by atoms with Crippen LogP contribution in [0.1, 0.15) is 11.1 Å². The Balaban J connectivity index is 1.76. The van der Waals surface area contributed by atoms with Crippen molar-refractivity contribution in [2.45, 2.75) is 0 Å². The van der Waals surface area contributed by atoms with Crippen molar-refractivity contribution in [3.05, 3.63) is 53.6 Å². The molecule has 0 radical (unpaired) electrons. The summed E-state index contributed by atoms with van der Waals surface area (Å²) in [5.74, 6) is 0.846. The molecule has 1 fully saturated rings. The van der Waals surface area contributed by atoms with Crippen molar-refractivity contribution < 1.29 is 4.74 Å². The zero-order valence-electron chi connectivity index (χ0n) is 13.6. The number of rotatable bonds is 3. The van der Waals surface area contributed by atoms with Crippen LogP contribution in [0, 0.1) is 22.7 Å². The Kier molecular flexibility index (Phi) is 4.54. The van der Waals surface area contributed by atoms with E-state index < -0.39 is 0 Å². The van der Waals surface area contributed by atoms with Crippen LogP contribution in [0.2, 0.25) is 0 Å². The monoisotopic (exact) mass is 318 g/mol. The van der Waals surface area contributed by atoms with Crippen LogP contribution in [-0.2, 0) is 0 Å².